The zero-order valence-corrected chi connectivity index (χ0v) is 22.3. The highest BCUT2D eigenvalue weighted by atomic mass is 16.7. The predicted molar refractivity (Wildman–Crippen MR) is 140 cm³/mol. The number of benzene rings is 1. The first-order valence-electron chi connectivity index (χ1n) is 13.0. The third-order valence-corrected chi connectivity index (χ3v) is 8.06. The second kappa shape index (κ2) is 10.6. The van der Waals surface area contributed by atoms with Crippen molar-refractivity contribution in [1.82, 2.24) is 4.90 Å². The van der Waals surface area contributed by atoms with Crippen molar-refractivity contribution in [2.75, 3.05) is 27.5 Å². The van der Waals surface area contributed by atoms with Crippen LogP contribution in [0.25, 0.3) is 0 Å². The topological polar surface area (TPSA) is 48.0 Å². The number of nitrogens with zero attached hydrogens (tertiary/aromatic N) is 1. The lowest BCUT2D eigenvalue weighted by molar-refractivity contribution is -0.115. The fourth-order valence-electron chi connectivity index (χ4n) is 5.99. The van der Waals surface area contributed by atoms with Crippen LogP contribution in [0.5, 0.6) is 17.2 Å². The summed E-state index contributed by atoms with van der Waals surface area (Å²) in [6, 6.07) is 2.01. The van der Waals surface area contributed by atoms with Crippen LogP contribution in [0, 0.1) is 5.41 Å². The highest BCUT2D eigenvalue weighted by Gasteiger charge is 2.34. The molecule has 2 heterocycles. The van der Waals surface area contributed by atoms with E-state index in [1.807, 2.05) is 6.08 Å². The van der Waals surface area contributed by atoms with Gasteiger partial charge in [-0.05, 0) is 82.5 Å². The van der Waals surface area contributed by atoms with E-state index in [-0.39, 0.29) is 18.6 Å². The Morgan fingerprint density at radius 1 is 1.29 bits per heavy atom. The second-order valence-corrected chi connectivity index (χ2v) is 11.0. The van der Waals surface area contributed by atoms with Crippen molar-refractivity contribution in [3.63, 3.8) is 0 Å². The first-order chi connectivity index (χ1) is 16.7. The van der Waals surface area contributed by atoms with Crippen LogP contribution < -0.4 is 14.2 Å². The summed E-state index contributed by atoms with van der Waals surface area (Å²) in [7, 11) is 3.73. The van der Waals surface area contributed by atoms with Crippen molar-refractivity contribution in [1.29, 1.82) is 0 Å². The first kappa shape index (κ1) is 25.6. The highest BCUT2D eigenvalue weighted by molar-refractivity contribution is 5.90. The van der Waals surface area contributed by atoms with Gasteiger partial charge in [0.25, 0.3) is 0 Å². The van der Waals surface area contributed by atoms with Crippen LogP contribution >= 0.6 is 0 Å². The van der Waals surface area contributed by atoms with Crippen LogP contribution in [0.3, 0.4) is 0 Å². The first-order valence-corrected chi connectivity index (χ1v) is 13.0. The minimum Gasteiger partial charge on any atom is -0.492 e. The van der Waals surface area contributed by atoms with Crippen molar-refractivity contribution >= 4 is 5.78 Å². The van der Waals surface area contributed by atoms with E-state index in [9.17, 15) is 4.79 Å². The molecule has 1 atom stereocenters. The molecular weight excluding hydrogens is 438 g/mol. The molecule has 190 valence electrons. The van der Waals surface area contributed by atoms with Crippen molar-refractivity contribution < 1.29 is 19.0 Å². The van der Waals surface area contributed by atoms with Crippen molar-refractivity contribution in [3.05, 3.63) is 52.1 Å². The molecule has 0 saturated heterocycles. The number of hydrogen-bond acceptors (Lipinski definition) is 5. The predicted octanol–water partition coefficient (Wildman–Crippen LogP) is 6.72. The van der Waals surface area contributed by atoms with Gasteiger partial charge in [0, 0.05) is 24.6 Å². The smallest absolute Gasteiger partial charge is 0.231 e. The van der Waals surface area contributed by atoms with Gasteiger partial charge in [-0.2, -0.15) is 0 Å². The molecule has 0 amide bonds. The van der Waals surface area contributed by atoms with E-state index >= 15 is 0 Å². The Kier molecular flexibility index (Phi) is 7.75. The molecule has 0 aromatic heterocycles. The van der Waals surface area contributed by atoms with Crippen LogP contribution in [0.15, 0.2) is 41.0 Å². The zero-order valence-electron chi connectivity index (χ0n) is 22.3. The number of ketones is 1. The van der Waals surface area contributed by atoms with Gasteiger partial charge in [0.05, 0.1) is 7.11 Å². The molecule has 2 aliphatic heterocycles. The number of methoxy groups -OCH3 is 1. The number of carbonyl (C=O) groups is 1. The van der Waals surface area contributed by atoms with Crippen LogP contribution in [0.1, 0.15) is 83.4 Å². The molecule has 0 bridgehead atoms. The van der Waals surface area contributed by atoms with Gasteiger partial charge in [-0.15, -0.1) is 0 Å². The molecule has 0 saturated carbocycles. The van der Waals surface area contributed by atoms with Gasteiger partial charge in [0.15, 0.2) is 17.3 Å². The molecule has 5 heteroatoms. The Bertz CT molecular complexity index is 1060. The van der Waals surface area contributed by atoms with E-state index in [0.717, 1.165) is 37.1 Å². The quantitative estimate of drug-likeness (QED) is 0.235. The van der Waals surface area contributed by atoms with E-state index < -0.39 is 0 Å². The lowest BCUT2D eigenvalue weighted by Gasteiger charge is -2.35. The molecule has 0 unspecified atom stereocenters. The molecule has 0 spiro atoms. The molecule has 0 radical (unpaired) electrons. The van der Waals surface area contributed by atoms with E-state index in [2.05, 4.69) is 51.8 Å². The fourth-order valence-corrected chi connectivity index (χ4v) is 5.99. The zero-order chi connectivity index (χ0) is 25.2. The number of carbonyl (C=O) groups excluding carboxylic acids is 1. The summed E-state index contributed by atoms with van der Waals surface area (Å²) in [5, 5.41) is 0. The third-order valence-electron chi connectivity index (χ3n) is 8.06. The largest absolute Gasteiger partial charge is 0.492 e. The molecule has 5 nitrogen and oxygen atoms in total. The molecular formula is C30H41NO4. The maximum Gasteiger partial charge on any atom is 0.231 e. The lowest BCUT2D eigenvalue weighted by Crippen LogP contribution is -2.33. The molecule has 4 rings (SSSR count). The Morgan fingerprint density at radius 2 is 2.09 bits per heavy atom. The second-order valence-electron chi connectivity index (χ2n) is 11.0. The minimum absolute atomic E-state index is 0.0473. The van der Waals surface area contributed by atoms with E-state index in [1.54, 1.807) is 24.3 Å². The summed E-state index contributed by atoms with van der Waals surface area (Å²) in [5.41, 5.74) is 7.06. The SMILES string of the molecule is COc1c2c(cc3c1[C@@H](CC(=O)/C=C/C=C(/C)CCC1=C(C)CCCC1(C)C)N(C)CC3)OCO2. The molecule has 1 aliphatic carbocycles. The molecule has 0 N–H and O–H groups in total. The lowest BCUT2D eigenvalue weighted by atomic mass is 9.71. The van der Waals surface area contributed by atoms with Crippen molar-refractivity contribution in [2.24, 2.45) is 5.41 Å². The van der Waals surface area contributed by atoms with Gasteiger partial charge in [0.2, 0.25) is 12.5 Å². The van der Waals surface area contributed by atoms with E-state index in [4.69, 9.17) is 14.2 Å². The molecule has 0 fully saturated rings. The van der Waals surface area contributed by atoms with E-state index in [0.29, 0.717) is 23.3 Å². The number of allylic oxidation sites excluding steroid dienone is 6. The van der Waals surface area contributed by atoms with Crippen LogP contribution in [-0.4, -0.2) is 38.2 Å². The van der Waals surface area contributed by atoms with Gasteiger partial charge >= 0.3 is 0 Å². The van der Waals surface area contributed by atoms with Crippen molar-refractivity contribution in [2.45, 2.75) is 78.7 Å². The monoisotopic (exact) mass is 479 g/mol. The Morgan fingerprint density at radius 3 is 2.83 bits per heavy atom. The fraction of sp³-hybridized carbons (Fsp3) is 0.567. The number of hydrogen-bond donors (Lipinski definition) is 0. The number of fused-ring (bicyclic) bond motifs is 2. The number of ether oxygens (including phenoxy) is 3. The molecule has 35 heavy (non-hydrogen) atoms. The van der Waals surface area contributed by atoms with Gasteiger partial charge in [-0.3, -0.25) is 9.69 Å². The standard InChI is InChI=1S/C30H41NO4/c1-20(12-13-24-21(2)10-8-15-30(24,3)4)9-7-11-23(32)18-25-27-22(14-16-31(25)5)17-26-28(29(27)33-6)35-19-34-26/h7,9,11,17,25H,8,10,12-16,18-19H2,1-6H3/b11-7+,20-9-/t25-/m1/s1. The summed E-state index contributed by atoms with van der Waals surface area (Å²) in [4.78, 5) is 15.2. The molecule has 3 aliphatic rings. The summed E-state index contributed by atoms with van der Waals surface area (Å²) >= 11 is 0. The van der Waals surface area contributed by atoms with Crippen LogP contribution in [-0.2, 0) is 11.2 Å². The summed E-state index contributed by atoms with van der Waals surface area (Å²) in [6.45, 7) is 10.3. The molecule has 1 aromatic rings. The van der Waals surface area contributed by atoms with Crippen LogP contribution in [0.4, 0.5) is 0 Å². The summed E-state index contributed by atoms with van der Waals surface area (Å²) < 4.78 is 17.0. The van der Waals surface area contributed by atoms with Gasteiger partial charge in [0.1, 0.15) is 0 Å². The van der Waals surface area contributed by atoms with Gasteiger partial charge in [-0.25, -0.2) is 0 Å². The average Bonchev–Trinajstić information content (AvgIpc) is 3.27. The van der Waals surface area contributed by atoms with Crippen LogP contribution in [0.2, 0.25) is 0 Å². The number of rotatable bonds is 8. The highest BCUT2D eigenvalue weighted by Crippen LogP contribution is 2.50. The van der Waals surface area contributed by atoms with Crippen molar-refractivity contribution in [3.8, 4) is 17.2 Å². The van der Waals surface area contributed by atoms with E-state index in [1.165, 1.54) is 30.4 Å². The molecule has 1 aromatic carbocycles. The maximum absolute atomic E-state index is 13.0. The third kappa shape index (κ3) is 5.50. The summed E-state index contributed by atoms with van der Waals surface area (Å²) in [5.74, 6) is 2.21. The van der Waals surface area contributed by atoms with Gasteiger partial charge in [-0.1, -0.05) is 42.7 Å². The Balaban J connectivity index is 1.42. The normalized spacial score (nSPS) is 22.0. The summed E-state index contributed by atoms with van der Waals surface area (Å²) in [6.07, 6.45) is 13.0. The maximum atomic E-state index is 13.0. The Labute approximate surface area is 210 Å². The minimum atomic E-state index is -0.0473. The number of likely N-dealkylation sites (N-methyl/N-ethyl adjacent to an activating group) is 1. The Hall–Kier alpha value is -2.53. The average molecular weight is 480 g/mol. The van der Waals surface area contributed by atoms with Gasteiger partial charge < -0.3 is 14.2 Å².